The van der Waals surface area contributed by atoms with E-state index < -0.39 is 5.97 Å². The molecule has 1 N–H and O–H groups in total. The highest BCUT2D eigenvalue weighted by molar-refractivity contribution is 5.89. The van der Waals surface area contributed by atoms with Gasteiger partial charge in [-0.1, -0.05) is 44.6 Å². The summed E-state index contributed by atoms with van der Waals surface area (Å²) in [6.07, 6.45) is 9.10. The van der Waals surface area contributed by atoms with Crippen LogP contribution in [0.25, 0.3) is 6.08 Å². The van der Waals surface area contributed by atoms with Gasteiger partial charge in [-0.05, 0) is 42.5 Å². The second-order valence-corrected chi connectivity index (χ2v) is 6.55. The Kier molecular flexibility index (Phi) is 7.93. The second-order valence-electron chi connectivity index (χ2n) is 6.55. The fourth-order valence-corrected chi connectivity index (χ4v) is 2.96. The molecule has 5 nitrogen and oxygen atoms in total. The van der Waals surface area contributed by atoms with E-state index in [2.05, 4.69) is 18.8 Å². The van der Waals surface area contributed by atoms with Crippen molar-refractivity contribution in [3.8, 4) is 5.75 Å². The molecule has 0 bridgehead atoms. The number of amides is 1. The van der Waals surface area contributed by atoms with Gasteiger partial charge in [-0.2, -0.15) is 0 Å². The van der Waals surface area contributed by atoms with Crippen LogP contribution in [-0.2, 0) is 14.3 Å². The summed E-state index contributed by atoms with van der Waals surface area (Å²) in [7, 11) is 0. The van der Waals surface area contributed by atoms with Crippen LogP contribution in [0.4, 0.5) is 0 Å². The molecule has 26 heavy (non-hydrogen) atoms. The summed E-state index contributed by atoms with van der Waals surface area (Å²) in [5.41, 5.74) is 0.841. The average Bonchev–Trinajstić information content (AvgIpc) is 2.65. The highest BCUT2D eigenvalue weighted by atomic mass is 16.5. The molecule has 0 unspecified atom stereocenters. The summed E-state index contributed by atoms with van der Waals surface area (Å²) in [5.74, 6) is 0.429. The van der Waals surface area contributed by atoms with Crippen LogP contribution < -0.4 is 10.1 Å². The van der Waals surface area contributed by atoms with Crippen LogP contribution in [0, 0.1) is 5.92 Å². The molecule has 0 saturated heterocycles. The van der Waals surface area contributed by atoms with Crippen LogP contribution in [0.2, 0.25) is 0 Å². The molecule has 0 radical (unpaired) electrons. The number of rotatable bonds is 8. The zero-order valence-electron chi connectivity index (χ0n) is 15.3. The van der Waals surface area contributed by atoms with Gasteiger partial charge in [-0.15, -0.1) is 0 Å². The molecule has 2 rings (SSSR count). The van der Waals surface area contributed by atoms with Crippen LogP contribution in [0.5, 0.6) is 5.75 Å². The Morgan fingerprint density at radius 2 is 1.96 bits per heavy atom. The molecule has 0 spiro atoms. The average molecular weight is 357 g/mol. The van der Waals surface area contributed by atoms with Crippen LogP contribution >= 0.6 is 0 Å². The van der Waals surface area contributed by atoms with E-state index in [0.29, 0.717) is 12.5 Å². The zero-order valence-corrected chi connectivity index (χ0v) is 15.3. The summed E-state index contributed by atoms with van der Waals surface area (Å²) in [4.78, 5) is 23.7. The molecule has 1 aliphatic carbocycles. The van der Waals surface area contributed by atoms with Crippen molar-refractivity contribution >= 4 is 18.0 Å². The number of nitrogens with one attached hydrogen (secondary N) is 1. The Bertz CT molecular complexity index is 636. The lowest BCUT2D eigenvalue weighted by Crippen LogP contribution is -2.42. The van der Waals surface area contributed by atoms with Crippen molar-refractivity contribution in [3.63, 3.8) is 0 Å². The van der Waals surface area contributed by atoms with Crippen LogP contribution in [-0.4, -0.2) is 31.1 Å². The fraction of sp³-hybridized carbons (Fsp3) is 0.429. The van der Waals surface area contributed by atoms with Crippen LogP contribution in [0.15, 0.2) is 43.0 Å². The number of benzene rings is 1. The van der Waals surface area contributed by atoms with E-state index in [1.165, 1.54) is 12.5 Å². The fourth-order valence-electron chi connectivity index (χ4n) is 2.96. The van der Waals surface area contributed by atoms with E-state index in [1.54, 1.807) is 12.2 Å². The molecule has 140 valence electrons. The summed E-state index contributed by atoms with van der Waals surface area (Å²) in [6.45, 7) is 5.94. The molecule has 0 heterocycles. The van der Waals surface area contributed by atoms with E-state index in [1.807, 2.05) is 24.3 Å². The lowest BCUT2D eigenvalue weighted by Gasteiger charge is -2.29. The Morgan fingerprint density at radius 3 is 2.65 bits per heavy atom. The van der Waals surface area contributed by atoms with E-state index in [0.717, 1.165) is 30.6 Å². The zero-order chi connectivity index (χ0) is 18.8. The first-order valence-corrected chi connectivity index (χ1v) is 9.06. The molecule has 1 aliphatic rings. The quantitative estimate of drug-likeness (QED) is 0.439. The standard InChI is InChI=1S/C21H27NO4/c1-3-14-25-18-11-8-17(9-12-18)10-13-21(24)26-15-20(23)22-19-7-5-4-6-16(19)2/h3,8-13,16,19H,1,4-7,14-15H2,2H3,(H,22,23)/b13-10+/t16-,19-/m1/s1. The molecule has 5 heteroatoms. The Hall–Kier alpha value is -2.56. The first-order chi connectivity index (χ1) is 12.6. The monoisotopic (exact) mass is 357 g/mol. The van der Waals surface area contributed by atoms with E-state index in [4.69, 9.17) is 9.47 Å². The molecule has 1 aromatic rings. The van der Waals surface area contributed by atoms with Crippen LogP contribution in [0.1, 0.15) is 38.2 Å². The minimum atomic E-state index is -0.538. The molecular formula is C21H27NO4. The van der Waals surface area contributed by atoms with Gasteiger partial charge in [0.25, 0.3) is 5.91 Å². The van der Waals surface area contributed by atoms with Crippen molar-refractivity contribution in [1.82, 2.24) is 5.32 Å². The second kappa shape index (κ2) is 10.4. The van der Waals surface area contributed by atoms with Crippen molar-refractivity contribution in [1.29, 1.82) is 0 Å². The molecule has 0 aliphatic heterocycles. The maximum atomic E-state index is 11.9. The molecule has 1 saturated carbocycles. The van der Waals surface area contributed by atoms with Gasteiger partial charge in [0, 0.05) is 12.1 Å². The van der Waals surface area contributed by atoms with Crippen molar-refractivity contribution in [2.24, 2.45) is 5.92 Å². The third kappa shape index (κ3) is 6.75. The summed E-state index contributed by atoms with van der Waals surface area (Å²) >= 11 is 0. The number of carbonyl (C=O) groups is 2. The first kappa shape index (κ1) is 19.8. The van der Waals surface area contributed by atoms with Gasteiger partial charge < -0.3 is 14.8 Å². The predicted molar refractivity (Wildman–Crippen MR) is 102 cm³/mol. The van der Waals surface area contributed by atoms with Crippen molar-refractivity contribution in [2.75, 3.05) is 13.2 Å². The lowest BCUT2D eigenvalue weighted by atomic mass is 9.86. The van der Waals surface area contributed by atoms with Gasteiger partial charge in [0.15, 0.2) is 6.61 Å². The molecule has 2 atom stereocenters. The van der Waals surface area contributed by atoms with Gasteiger partial charge in [-0.25, -0.2) is 4.79 Å². The number of carbonyl (C=O) groups excluding carboxylic acids is 2. The number of esters is 1. The minimum absolute atomic E-state index is 0.187. The minimum Gasteiger partial charge on any atom is -0.490 e. The summed E-state index contributed by atoms with van der Waals surface area (Å²) in [6, 6.07) is 7.48. The molecule has 1 fully saturated rings. The summed E-state index contributed by atoms with van der Waals surface area (Å²) < 4.78 is 10.4. The number of hydrogen-bond acceptors (Lipinski definition) is 4. The SMILES string of the molecule is C=CCOc1ccc(/C=C/C(=O)OCC(=O)N[C@@H]2CCCC[C@H]2C)cc1. The van der Waals surface area contributed by atoms with Gasteiger partial charge in [0.2, 0.25) is 0 Å². The van der Waals surface area contributed by atoms with E-state index >= 15 is 0 Å². The maximum Gasteiger partial charge on any atom is 0.331 e. The highest BCUT2D eigenvalue weighted by Gasteiger charge is 2.22. The largest absolute Gasteiger partial charge is 0.490 e. The number of hydrogen-bond donors (Lipinski definition) is 1. The Balaban J connectivity index is 1.72. The Labute approximate surface area is 155 Å². The topological polar surface area (TPSA) is 64.6 Å². The smallest absolute Gasteiger partial charge is 0.331 e. The third-order valence-corrected chi connectivity index (χ3v) is 4.46. The molecule has 1 aromatic carbocycles. The predicted octanol–water partition coefficient (Wildman–Crippen LogP) is 3.50. The van der Waals surface area contributed by atoms with Crippen molar-refractivity contribution < 1.29 is 19.1 Å². The molecule has 1 amide bonds. The van der Waals surface area contributed by atoms with Gasteiger partial charge in [0.1, 0.15) is 12.4 Å². The first-order valence-electron chi connectivity index (χ1n) is 9.06. The van der Waals surface area contributed by atoms with Crippen molar-refractivity contribution in [3.05, 3.63) is 48.6 Å². The summed E-state index contributed by atoms with van der Waals surface area (Å²) in [5, 5.41) is 2.96. The van der Waals surface area contributed by atoms with E-state index in [9.17, 15) is 9.59 Å². The van der Waals surface area contributed by atoms with Crippen LogP contribution in [0.3, 0.4) is 0 Å². The maximum absolute atomic E-state index is 11.9. The van der Waals surface area contributed by atoms with Gasteiger partial charge in [0.05, 0.1) is 0 Å². The van der Waals surface area contributed by atoms with E-state index in [-0.39, 0.29) is 18.6 Å². The number of ether oxygens (including phenoxy) is 2. The lowest BCUT2D eigenvalue weighted by molar-refractivity contribution is -0.144. The molecular weight excluding hydrogens is 330 g/mol. The normalized spacial score (nSPS) is 19.7. The Morgan fingerprint density at radius 1 is 1.23 bits per heavy atom. The third-order valence-electron chi connectivity index (χ3n) is 4.46. The van der Waals surface area contributed by atoms with Gasteiger partial charge in [-0.3, -0.25) is 4.79 Å². The van der Waals surface area contributed by atoms with Crippen molar-refractivity contribution in [2.45, 2.75) is 38.6 Å². The molecule has 0 aromatic heterocycles. The highest BCUT2D eigenvalue weighted by Crippen LogP contribution is 2.23. The van der Waals surface area contributed by atoms with Gasteiger partial charge >= 0.3 is 5.97 Å².